The third-order valence-electron chi connectivity index (χ3n) is 5.51. The maximum Gasteiger partial charge on any atom is 0.271 e. The molecule has 2 aromatic carbocycles. The third-order valence-corrected chi connectivity index (χ3v) is 6.14. The molecule has 4 rings (SSSR count). The number of aromatic nitrogens is 2. The van der Waals surface area contributed by atoms with Gasteiger partial charge in [-0.1, -0.05) is 35.8 Å². The standard InChI is InChI=1S/C24H22Cl2N6O3/c1-2-20(33)28-14-6-8-16(9-7-14)32-11-10-15(13-32)29-24(35)22-19(12-27-31-22)30-23(34)21-17(25)4-3-5-18(21)26/h2-9,12,15H,1,10-11,13H2,(H,27,31)(H,28,33)(H,29,35)(H,30,34). The van der Waals surface area contributed by atoms with Crippen LogP contribution in [0.25, 0.3) is 0 Å². The third kappa shape index (κ3) is 5.64. The van der Waals surface area contributed by atoms with E-state index in [9.17, 15) is 14.4 Å². The highest BCUT2D eigenvalue weighted by Gasteiger charge is 2.26. The van der Waals surface area contributed by atoms with Crippen molar-refractivity contribution in [3.8, 4) is 0 Å². The number of benzene rings is 2. The number of carbonyl (C=O) groups is 3. The van der Waals surface area contributed by atoms with Crippen LogP contribution < -0.4 is 20.9 Å². The van der Waals surface area contributed by atoms with E-state index in [1.807, 2.05) is 24.3 Å². The summed E-state index contributed by atoms with van der Waals surface area (Å²) in [5.41, 5.74) is 2.11. The molecule has 1 aromatic heterocycles. The Kier molecular flexibility index (Phi) is 7.38. The van der Waals surface area contributed by atoms with E-state index in [0.29, 0.717) is 12.2 Å². The van der Waals surface area contributed by atoms with Crippen LogP contribution in [0.5, 0.6) is 0 Å². The van der Waals surface area contributed by atoms with Crippen molar-refractivity contribution >= 4 is 58.0 Å². The first kappa shape index (κ1) is 24.3. The van der Waals surface area contributed by atoms with Gasteiger partial charge in [0, 0.05) is 30.5 Å². The van der Waals surface area contributed by atoms with Crippen LogP contribution in [0.15, 0.2) is 61.3 Å². The van der Waals surface area contributed by atoms with Crippen molar-refractivity contribution < 1.29 is 14.4 Å². The highest BCUT2D eigenvalue weighted by molar-refractivity contribution is 6.40. The van der Waals surface area contributed by atoms with Crippen LogP contribution in [0.2, 0.25) is 10.0 Å². The molecule has 1 unspecified atom stereocenters. The van der Waals surface area contributed by atoms with E-state index in [4.69, 9.17) is 23.2 Å². The molecule has 0 radical (unpaired) electrons. The lowest BCUT2D eigenvalue weighted by atomic mass is 10.2. The number of hydrogen-bond donors (Lipinski definition) is 4. The van der Waals surface area contributed by atoms with Crippen LogP contribution in [-0.2, 0) is 4.79 Å². The van der Waals surface area contributed by atoms with E-state index < -0.39 is 11.8 Å². The second kappa shape index (κ2) is 10.6. The second-order valence-electron chi connectivity index (χ2n) is 7.85. The predicted molar refractivity (Wildman–Crippen MR) is 136 cm³/mol. The minimum absolute atomic E-state index is 0.104. The minimum atomic E-state index is -0.546. The van der Waals surface area contributed by atoms with E-state index >= 15 is 0 Å². The maximum atomic E-state index is 12.9. The predicted octanol–water partition coefficient (Wildman–Crippen LogP) is 4.10. The van der Waals surface area contributed by atoms with E-state index in [0.717, 1.165) is 18.7 Å². The first-order valence-corrected chi connectivity index (χ1v) is 11.5. The van der Waals surface area contributed by atoms with Gasteiger partial charge in [-0.3, -0.25) is 19.5 Å². The fourth-order valence-electron chi connectivity index (χ4n) is 3.77. The van der Waals surface area contributed by atoms with Crippen LogP contribution >= 0.6 is 23.2 Å². The number of nitrogens with zero attached hydrogens (tertiary/aromatic N) is 2. The number of aromatic amines is 1. The monoisotopic (exact) mass is 512 g/mol. The molecular formula is C24H22Cl2N6O3. The Hall–Kier alpha value is -3.82. The van der Waals surface area contributed by atoms with Gasteiger partial charge in [-0.2, -0.15) is 5.10 Å². The van der Waals surface area contributed by atoms with Gasteiger partial charge in [-0.15, -0.1) is 0 Å². The average Bonchev–Trinajstić information content (AvgIpc) is 3.49. The minimum Gasteiger partial charge on any atom is -0.369 e. The number of nitrogens with one attached hydrogen (secondary N) is 4. The first-order chi connectivity index (χ1) is 16.9. The summed E-state index contributed by atoms with van der Waals surface area (Å²) >= 11 is 12.2. The van der Waals surface area contributed by atoms with Crippen molar-refractivity contribution in [3.05, 3.63) is 82.6 Å². The number of carbonyl (C=O) groups excluding carboxylic acids is 3. The first-order valence-electron chi connectivity index (χ1n) is 10.7. The van der Waals surface area contributed by atoms with E-state index in [1.165, 1.54) is 12.3 Å². The van der Waals surface area contributed by atoms with Crippen molar-refractivity contribution in [3.63, 3.8) is 0 Å². The summed E-state index contributed by atoms with van der Waals surface area (Å²) in [5.74, 6) is -1.21. The molecule has 0 spiro atoms. The topological polar surface area (TPSA) is 119 Å². The smallest absolute Gasteiger partial charge is 0.271 e. The Morgan fingerprint density at radius 3 is 2.46 bits per heavy atom. The molecule has 0 aliphatic carbocycles. The van der Waals surface area contributed by atoms with Crippen LogP contribution in [0.3, 0.4) is 0 Å². The van der Waals surface area contributed by atoms with Gasteiger partial charge in [0.25, 0.3) is 11.8 Å². The van der Waals surface area contributed by atoms with Gasteiger partial charge < -0.3 is 20.9 Å². The van der Waals surface area contributed by atoms with E-state index in [1.54, 1.807) is 18.2 Å². The lowest BCUT2D eigenvalue weighted by Crippen LogP contribution is -2.37. The lowest BCUT2D eigenvalue weighted by molar-refractivity contribution is -0.111. The van der Waals surface area contributed by atoms with Crippen molar-refractivity contribution in [1.29, 1.82) is 0 Å². The Morgan fingerprint density at radius 2 is 1.77 bits per heavy atom. The van der Waals surface area contributed by atoms with Gasteiger partial charge in [-0.05, 0) is 48.9 Å². The largest absolute Gasteiger partial charge is 0.369 e. The number of anilines is 3. The van der Waals surface area contributed by atoms with E-state index in [2.05, 4.69) is 37.6 Å². The fraction of sp³-hybridized carbons (Fsp3) is 0.167. The quantitative estimate of drug-likeness (QED) is 0.355. The molecule has 1 atom stereocenters. The van der Waals surface area contributed by atoms with Gasteiger partial charge in [0.05, 0.1) is 27.5 Å². The Morgan fingerprint density at radius 1 is 1.06 bits per heavy atom. The molecule has 3 amide bonds. The highest BCUT2D eigenvalue weighted by atomic mass is 35.5. The van der Waals surface area contributed by atoms with Crippen molar-refractivity contribution in [2.75, 3.05) is 28.6 Å². The molecule has 3 aromatic rings. The highest BCUT2D eigenvalue weighted by Crippen LogP contribution is 2.26. The molecule has 1 aliphatic rings. The van der Waals surface area contributed by atoms with Gasteiger partial charge in [-0.25, -0.2) is 0 Å². The number of rotatable bonds is 7. The molecular weight excluding hydrogens is 491 g/mol. The van der Waals surface area contributed by atoms with E-state index in [-0.39, 0.29) is 38.9 Å². The Bertz CT molecular complexity index is 1250. The van der Waals surface area contributed by atoms with Crippen LogP contribution in [0.4, 0.5) is 17.1 Å². The molecule has 0 saturated carbocycles. The van der Waals surface area contributed by atoms with Crippen molar-refractivity contribution in [2.45, 2.75) is 12.5 Å². The zero-order valence-electron chi connectivity index (χ0n) is 18.5. The SMILES string of the molecule is C=CC(=O)Nc1ccc(N2CCC(NC(=O)c3[nH]ncc3NC(=O)c3c(Cl)cccc3Cl)C2)cc1. The molecule has 1 aliphatic heterocycles. The van der Waals surface area contributed by atoms with Gasteiger partial charge in [0.15, 0.2) is 0 Å². The number of H-pyrrole nitrogens is 1. The summed E-state index contributed by atoms with van der Waals surface area (Å²) in [6.45, 7) is 4.79. The number of amides is 3. The molecule has 11 heteroatoms. The second-order valence-corrected chi connectivity index (χ2v) is 8.67. The van der Waals surface area contributed by atoms with Gasteiger partial charge in [0.1, 0.15) is 5.69 Å². The van der Waals surface area contributed by atoms with Crippen molar-refractivity contribution in [1.82, 2.24) is 15.5 Å². The molecule has 4 N–H and O–H groups in total. The molecule has 35 heavy (non-hydrogen) atoms. The molecule has 9 nitrogen and oxygen atoms in total. The molecule has 180 valence electrons. The molecule has 1 fully saturated rings. The van der Waals surface area contributed by atoms with Gasteiger partial charge >= 0.3 is 0 Å². The van der Waals surface area contributed by atoms with Crippen LogP contribution in [0, 0.1) is 0 Å². The molecule has 1 saturated heterocycles. The average molecular weight is 513 g/mol. The van der Waals surface area contributed by atoms with Crippen LogP contribution in [0.1, 0.15) is 27.3 Å². The fourth-order valence-corrected chi connectivity index (χ4v) is 4.34. The normalized spacial score (nSPS) is 14.9. The van der Waals surface area contributed by atoms with Crippen molar-refractivity contribution in [2.24, 2.45) is 0 Å². The summed E-state index contributed by atoms with van der Waals surface area (Å²) in [6.07, 6.45) is 3.31. The molecule has 0 bridgehead atoms. The number of halogens is 2. The maximum absolute atomic E-state index is 12.9. The zero-order valence-corrected chi connectivity index (χ0v) is 20.0. The summed E-state index contributed by atoms with van der Waals surface area (Å²) in [6, 6.07) is 12.1. The molecule has 2 heterocycles. The van der Waals surface area contributed by atoms with Crippen LogP contribution in [-0.4, -0.2) is 47.1 Å². The summed E-state index contributed by atoms with van der Waals surface area (Å²) < 4.78 is 0. The summed E-state index contributed by atoms with van der Waals surface area (Å²) in [7, 11) is 0. The Labute approximate surface area is 211 Å². The van der Waals surface area contributed by atoms with Gasteiger partial charge in [0.2, 0.25) is 5.91 Å². The zero-order chi connectivity index (χ0) is 24.9. The Balaban J connectivity index is 1.37. The lowest BCUT2D eigenvalue weighted by Gasteiger charge is -2.19. The summed E-state index contributed by atoms with van der Waals surface area (Å²) in [5, 5.41) is 15.3. The summed E-state index contributed by atoms with van der Waals surface area (Å²) in [4.78, 5) is 39.2. The number of hydrogen-bond acceptors (Lipinski definition) is 5.